The molecule has 0 bridgehead atoms. The maximum Gasteiger partial charge on any atom is 0.344 e. The Hall–Kier alpha value is -8.30. The predicted octanol–water partition coefficient (Wildman–Crippen LogP) is 16.5. The first-order valence-electron chi connectivity index (χ1n) is 24.2. The molecule has 4 nitrogen and oxygen atoms in total. The van der Waals surface area contributed by atoms with Crippen molar-refractivity contribution < 1.29 is 19.1 Å². The van der Waals surface area contributed by atoms with Crippen LogP contribution in [0.15, 0.2) is 176 Å². The van der Waals surface area contributed by atoms with Gasteiger partial charge in [-0.3, -0.25) is 0 Å². The van der Waals surface area contributed by atoms with E-state index in [9.17, 15) is 9.59 Å². The van der Waals surface area contributed by atoms with Crippen molar-refractivity contribution >= 4 is 109 Å². The Bertz CT molecular complexity index is 3960. The average molecular weight is 889 g/mol. The second kappa shape index (κ2) is 15.1. The van der Waals surface area contributed by atoms with Crippen LogP contribution < -0.4 is 9.47 Å². The fourth-order valence-electron chi connectivity index (χ4n) is 12.1. The first-order chi connectivity index (χ1) is 33.8. The van der Waals surface area contributed by atoms with Crippen LogP contribution in [0.25, 0.3) is 97.3 Å². The molecule has 0 amide bonds. The van der Waals surface area contributed by atoms with Crippen molar-refractivity contribution in [2.75, 3.05) is 0 Å². The lowest BCUT2D eigenvalue weighted by Crippen LogP contribution is -2.13. The number of esters is 2. The molecule has 0 unspecified atom stereocenters. The largest absolute Gasteiger partial charge is 0.423 e. The Morgan fingerprint density at radius 3 is 1.20 bits per heavy atom. The highest BCUT2D eigenvalue weighted by Gasteiger charge is 2.28. The smallest absolute Gasteiger partial charge is 0.344 e. The third-order valence-electron chi connectivity index (χ3n) is 15.6. The van der Waals surface area contributed by atoms with Gasteiger partial charge in [-0.2, -0.15) is 0 Å². The number of aryl methyl sites for hydroxylation is 2. The van der Waals surface area contributed by atoms with E-state index in [1.807, 2.05) is 48.5 Å². The molecule has 0 aromatic heterocycles. The standard InChI is InChI=1S/C65H44O4/c1-36-9-11-42-17-19-46-33-48(68-64(66)54-29-23-44-15-13-38-5-3-7-40-21-27-52(54)62(44)58(38)40)25-31-50(46)60(42)56(36)35-57-37(2)10-12-43-18-20-47-34-49(26-32-51(47)61(43)57)69-65(67)55-30-24-45-16-14-39-6-4-8-41-22-28-53(55)63(45)59(39)41/h3-8,13-34,36-37H,9-12H2,1-2H3/t35?,36-,37-/m1/s1. The maximum atomic E-state index is 14.0. The van der Waals surface area contributed by atoms with Crippen LogP contribution in [-0.2, 0) is 12.8 Å². The molecule has 0 saturated heterocycles. The van der Waals surface area contributed by atoms with Crippen molar-refractivity contribution in [3.8, 4) is 11.5 Å². The highest BCUT2D eigenvalue weighted by atomic mass is 16.5. The highest BCUT2D eigenvalue weighted by Crippen LogP contribution is 2.45. The molecule has 14 rings (SSSR count). The third-order valence-corrected chi connectivity index (χ3v) is 15.6. The Morgan fingerprint density at radius 1 is 0.406 bits per heavy atom. The Balaban J connectivity index is 0.817. The van der Waals surface area contributed by atoms with Gasteiger partial charge in [-0.05, 0) is 182 Å². The van der Waals surface area contributed by atoms with E-state index in [4.69, 9.17) is 9.47 Å². The molecule has 0 N–H and O–H groups in total. The first-order valence-corrected chi connectivity index (χ1v) is 24.2. The number of carbonyl (C=O) groups excluding carboxylic acids is 2. The Labute approximate surface area is 398 Å². The number of hydrogen-bond donors (Lipinski definition) is 0. The minimum Gasteiger partial charge on any atom is -0.423 e. The van der Waals surface area contributed by atoms with E-state index in [1.165, 1.54) is 44.2 Å². The van der Waals surface area contributed by atoms with E-state index in [0.717, 1.165) is 101 Å². The molecule has 0 aliphatic heterocycles. The third kappa shape index (κ3) is 6.16. The Morgan fingerprint density at radius 2 is 0.768 bits per heavy atom. The summed E-state index contributed by atoms with van der Waals surface area (Å²) >= 11 is 0. The van der Waals surface area contributed by atoms with Gasteiger partial charge in [-0.25, -0.2) is 9.59 Å². The normalized spacial score (nSPS) is 16.0. The zero-order chi connectivity index (χ0) is 46.1. The van der Waals surface area contributed by atoms with Crippen LogP contribution >= 0.6 is 0 Å². The van der Waals surface area contributed by atoms with Gasteiger partial charge in [0.2, 0.25) is 0 Å². The fraction of sp³-hybridized carbons (Fsp3) is 0.123. The summed E-state index contributed by atoms with van der Waals surface area (Å²) in [5, 5.41) is 17.5. The molecule has 2 atom stereocenters. The molecule has 12 aromatic carbocycles. The molecule has 0 spiro atoms. The van der Waals surface area contributed by atoms with Crippen LogP contribution in [0.3, 0.4) is 0 Å². The van der Waals surface area contributed by atoms with Gasteiger partial charge in [-0.15, -0.1) is 5.73 Å². The molecule has 69 heavy (non-hydrogen) atoms. The van der Waals surface area contributed by atoms with Crippen molar-refractivity contribution in [2.24, 2.45) is 11.8 Å². The van der Waals surface area contributed by atoms with E-state index in [0.29, 0.717) is 34.5 Å². The van der Waals surface area contributed by atoms with Gasteiger partial charge in [0, 0.05) is 11.1 Å². The van der Waals surface area contributed by atoms with Crippen LogP contribution in [0.1, 0.15) is 69.7 Å². The summed E-state index contributed by atoms with van der Waals surface area (Å²) in [6, 6.07) is 58.4. The van der Waals surface area contributed by atoms with Gasteiger partial charge in [0.15, 0.2) is 0 Å². The quantitative estimate of drug-likeness (QED) is 0.0765. The number of ether oxygens (including phenoxy) is 2. The van der Waals surface area contributed by atoms with Gasteiger partial charge in [0.05, 0.1) is 11.1 Å². The molecule has 12 aromatic rings. The SMILES string of the molecule is C[C@@H]1CCc2ccc3cc(OC(=O)c4ccc5ccc6cccc7ccc4c5c67)ccc3c2C1=C=C1c2c(ccc3cc(OC(=O)c4ccc5ccc6cccc7ccc4c5c67)ccc23)CC[C@H]1C. The van der Waals surface area contributed by atoms with Crippen molar-refractivity contribution in [3.05, 3.63) is 209 Å². The second-order valence-corrected chi connectivity index (χ2v) is 19.5. The average Bonchev–Trinajstić information content (AvgIpc) is 3.38. The van der Waals surface area contributed by atoms with Crippen molar-refractivity contribution in [1.29, 1.82) is 0 Å². The lowest BCUT2D eigenvalue weighted by Gasteiger charge is -2.28. The maximum absolute atomic E-state index is 14.0. The monoisotopic (exact) mass is 888 g/mol. The van der Waals surface area contributed by atoms with E-state index >= 15 is 0 Å². The van der Waals surface area contributed by atoms with Crippen LogP contribution in [0.5, 0.6) is 11.5 Å². The van der Waals surface area contributed by atoms with Gasteiger partial charge >= 0.3 is 11.9 Å². The summed E-state index contributed by atoms with van der Waals surface area (Å²) in [7, 11) is 0. The van der Waals surface area contributed by atoms with Gasteiger partial charge in [-0.1, -0.05) is 147 Å². The molecular weight excluding hydrogens is 845 g/mol. The summed E-state index contributed by atoms with van der Waals surface area (Å²) < 4.78 is 12.4. The molecule has 2 aliphatic carbocycles. The van der Waals surface area contributed by atoms with E-state index in [1.54, 1.807) is 0 Å². The number of rotatable bonds is 4. The van der Waals surface area contributed by atoms with E-state index < -0.39 is 0 Å². The topological polar surface area (TPSA) is 52.6 Å². The minimum absolute atomic E-state index is 0.293. The molecule has 0 fully saturated rings. The van der Waals surface area contributed by atoms with Gasteiger partial charge < -0.3 is 9.47 Å². The predicted molar refractivity (Wildman–Crippen MR) is 283 cm³/mol. The number of allylic oxidation sites excluding steroid dienone is 1. The van der Waals surface area contributed by atoms with Crippen LogP contribution in [0, 0.1) is 11.8 Å². The molecule has 4 heteroatoms. The molecule has 0 radical (unpaired) electrons. The summed E-state index contributed by atoms with van der Waals surface area (Å²) in [5.41, 5.74) is 12.8. The van der Waals surface area contributed by atoms with Crippen molar-refractivity contribution in [3.63, 3.8) is 0 Å². The molecular formula is C65H44O4. The van der Waals surface area contributed by atoms with E-state index in [2.05, 4.69) is 141 Å². The molecule has 328 valence electrons. The lowest BCUT2D eigenvalue weighted by molar-refractivity contribution is 0.0727. The second-order valence-electron chi connectivity index (χ2n) is 19.5. The number of fused-ring (bicyclic) bond motifs is 6. The van der Waals surface area contributed by atoms with Gasteiger partial charge in [0.1, 0.15) is 11.5 Å². The number of carbonyl (C=O) groups is 2. The fourth-order valence-corrected chi connectivity index (χ4v) is 12.1. The van der Waals surface area contributed by atoms with Crippen LogP contribution in [0.4, 0.5) is 0 Å². The van der Waals surface area contributed by atoms with Crippen LogP contribution in [0.2, 0.25) is 0 Å². The molecule has 0 heterocycles. The molecule has 2 aliphatic rings. The summed E-state index contributed by atoms with van der Waals surface area (Å²) in [6.45, 7) is 4.66. The highest BCUT2D eigenvalue weighted by molar-refractivity contribution is 6.27. The lowest BCUT2D eigenvalue weighted by atomic mass is 9.75. The zero-order valence-corrected chi connectivity index (χ0v) is 38.3. The zero-order valence-electron chi connectivity index (χ0n) is 38.3. The minimum atomic E-state index is -0.365. The molecule has 0 saturated carbocycles. The number of benzene rings is 12. The van der Waals surface area contributed by atoms with Gasteiger partial charge in [0.25, 0.3) is 0 Å². The van der Waals surface area contributed by atoms with E-state index in [-0.39, 0.29) is 11.9 Å². The van der Waals surface area contributed by atoms with Crippen LogP contribution in [-0.4, -0.2) is 11.9 Å². The summed E-state index contributed by atoms with van der Waals surface area (Å²) in [6.07, 6.45) is 4.06. The number of hydrogen-bond acceptors (Lipinski definition) is 4. The van der Waals surface area contributed by atoms with Crippen molar-refractivity contribution in [1.82, 2.24) is 0 Å². The summed E-state index contributed by atoms with van der Waals surface area (Å²) in [4.78, 5) is 28.1. The Kier molecular flexibility index (Phi) is 8.72. The summed E-state index contributed by atoms with van der Waals surface area (Å²) in [5.74, 6) is 0.897. The van der Waals surface area contributed by atoms with Crippen molar-refractivity contribution in [2.45, 2.75) is 39.5 Å². The first kappa shape index (κ1) is 39.8.